The van der Waals surface area contributed by atoms with Crippen molar-refractivity contribution in [2.24, 2.45) is 5.73 Å². The standard InChI is InChI=1S/C26H25Cl2N3O3/c1-3-33-22-12-16(11-19(28)25(22)34-14-15-7-9-17(27)10-8-15)23-18(13-29)26(30)31(2)20-5-4-6-21(32)24(20)23/h7-12,23H,3-6,14,30H2,1-2H3/t23-/m1/s1. The number of ether oxygens (including phenoxy) is 2. The van der Waals surface area contributed by atoms with Crippen LogP contribution in [0.3, 0.4) is 0 Å². The van der Waals surface area contributed by atoms with E-state index in [1.165, 1.54) is 0 Å². The zero-order valence-corrected chi connectivity index (χ0v) is 20.5. The fourth-order valence-corrected chi connectivity index (χ4v) is 4.89. The Bertz CT molecular complexity index is 1230. The summed E-state index contributed by atoms with van der Waals surface area (Å²) >= 11 is 12.6. The van der Waals surface area contributed by atoms with Gasteiger partial charge in [-0.2, -0.15) is 5.26 Å². The van der Waals surface area contributed by atoms with E-state index in [0.717, 1.165) is 24.1 Å². The van der Waals surface area contributed by atoms with Gasteiger partial charge in [0.2, 0.25) is 0 Å². The molecule has 0 spiro atoms. The Kier molecular flexibility index (Phi) is 7.06. The molecule has 1 heterocycles. The van der Waals surface area contributed by atoms with E-state index in [-0.39, 0.29) is 12.4 Å². The third-order valence-electron chi connectivity index (χ3n) is 6.13. The summed E-state index contributed by atoms with van der Waals surface area (Å²) in [5, 5.41) is 10.9. The molecule has 2 aliphatic rings. The highest BCUT2D eigenvalue weighted by Gasteiger charge is 2.39. The summed E-state index contributed by atoms with van der Waals surface area (Å²) in [5.74, 6) is 0.605. The van der Waals surface area contributed by atoms with Gasteiger partial charge in [0, 0.05) is 29.8 Å². The van der Waals surface area contributed by atoms with Gasteiger partial charge in [0.25, 0.3) is 0 Å². The van der Waals surface area contributed by atoms with Crippen LogP contribution in [0.15, 0.2) is 59.1 Å². The second-order valence-corrected chi connectivity index (χ2v) is 9.06. The molecule has 0 fully saturated rings. The number of allylic oxidation sites excluding steroid dienone is 3. The van der Waals surface area contributed by atoms with Crippen LogP contribution in [-0.4, -0.2) is 24.3 Å². The normalized spacial score (nSPS) is 18.0. The Balaban J connectivity index is 1.77. The number of hydrogen-bond donors (Lipinski definition) is 1. The number of hydrogen-bond acceptors (Lipinski definition) is 6. The van der Waals surface area contributed by atoms with Crippen molar-refractivity contribution in [1.82, 2.24) is 4.90 Å². The van der Waals surface area contributed by atoms with Crippen molar-refractivity contribution in [3.05, 3.63) is 80.2 Å². The van der Waals surface area contributed by atoms with E-state index in [1.807, 2.05) is 19.1 Å². The van der Waals surface area contributed by atoms with Crippen LogP contribution in [0.1, 0.15) is 43.2 Å². The smallest absolute Gasteiger partial charge is 0.180 e. The lowest BCUT2D eigenvalue weighted by atomic mass is 9.76. The van der Waals surface area contributed by atoms with E-state index < -0.39 is 5.92 Å². The molecule has 0 saturated heterocycles. The molecule has 1 aliphatic heterocycles. The minimum absolute atomic E-state index is 0.0236. The van der Waals surface area contributed by atoms with Gasteiger partial charge in [-0.05, 0) is 55.2 Å². The first-order chi connectivity index (χ1) is 16.3. The molecule has 1 atom stereocenters. The second-order valence-electron chi connectivity index (χ2n) is 8.22. The SMILES string of the molecule is CCOc1cc([C@@H]2C(C#N)=C(N)N(C)C3=C2C(=O)CCC3)cc(Cl)c1OCc1ccc(Cl)cc1. The number of ketones is 1. The van der Waals surface area contributed by atoms with Gasteiger partial charge in [-0.3, -0.25) is 4.79 Å². The van der Waals surface area contributed by atoms with Gasteiger partial charge in [-0.15, -0.1) is 0 Å². The summed E-state index contributed by atoms with van der Waals surface area (Å²) in [6.07, 6.45) is 1.92. The first-order valence-electron chi connectivity index (χ1n) is 11.1. The molecule has 8 heteroatoms. The van der Waals surface area contributed by atoms with Crippen LogP contribution in [0.4, 0.5) is 0 Å². The molecule has 6 nitrogen and oxygen atoms in total. The van der Waals surface area contributed by atoms with Gasteiger partial charge in [0.1, 0.15) is 12.4 Å². The summed E-state index contributed by atoms with van der Waals surface area (Å²) in [6.45, 7) is 2.53. The molecule has 176 valence electrons. The van der Waals surface area contributed by atoms with Crippen molar-refractivity contribution in [3.8, 4) is 17.6 Å². The monoisotopic (exact) mass is 497 g/mol. The molecule has 0 aromatic heterocycles. The molecule has 4 rings (SSSR count). The van der Waals surface area contributed by atoms with Gasteiger partial charge in [-0.25, -0.2) is 0 Å². The van der Waals surface area contributed by atoms with Crippen LogP contribution in [0.5, 0.6) is 11.5 Å². The third-order valence-corrected chi connectivity index (χ3v) is 6.66. The lowest BCUT2D eigenvalue weighted by Crippen LogP contribution is -2.36. The maximum Gasteiger partial charge on any atom is 0.180 e. The summed E-state index contributed by atoms with van der Waals surface area (Å²) in [6, 6.07) is 13.1. The molecule has 2 aromatic rings. The van der Waals surface area contributed by atoms with Crippen LogP contribution < -0.4 is 15.2 Å². The van der Waals surface area contributed by atoms with Crippen molar-refractivity contribution in [2.75, 3.05) is 13.7 Å². The number of nitrogens with two attached hydrogens (primary N) is 1. The molecule has 0 radical (unpaired) electrons. The van der Waals surface area contributed by atoms with Gasteiger partial charge in [0.05, 0.1) is 29.2 Å². The number of nitriles is 1. The van der Waals surface area contributed by atoms with Crippen molar-refractivity contribution < 1.29 is 14.3 Å². The summed E-state index contributed by atoms with van der Waals surface area (Å²) in [4.78, 5) is 14.8. The molecule has 0 amide bonds. The molecular weight excluding hydrogens is 473 g/mol. The topological polar surface area (TPSA) is 88.6 Å². The van der Waals surface area contributed by atoms with Crippen molar-refractivity contribution in [3.63, 3.8) is 0 Å². The zero-order valence-electron chi connectivity index (χ0n) is 19.0. The fraction of sp³-hybridized carbons (Fsp3) is 0.308. The largest absolute Gasteiger partial charge is 0.490 e. The minimum Gasteiger partial charge on any atom is -0.490 e. The Hall–Kier alpha value is -3.14. The average Bonchev–Trinajstić information content (AvgIpc) is 2.82. The summed E-state index contributed by atoms with van der Waals surface area (Å²) < 4.78 is 11.9. The van der Waals surface area contributed by atoms with Crippen LogP contribution in [0.25, 0.3) is 0 Å². The minimum atomic E-state index is -0.606. The van der Waals surface area contributed by atoms with Gasteiger partial charge >= 0.3 is 0 Å². The van der Waals surface area contributed by atoms with Crippen molar-refractivity contribution in [1.29, 1.82) is 5.26 Å². The first kappa shape index (κ1) is 24.0. The zero-order chi connectivity index (χ0) is 24.4. The molecule has 0 saturated carbocycles. The molecular formula is C26H25Cl2N3O3. The molecule has 0 bridgehead atoms. The Morgan fingerprint density at radius 3 is 2.59 bits per heavy atom. The second kappa shape index (κ2) is 10.0. The molecule has 2 aromatic carbocycles. The number of Topliss-reactive ketones (excluding diaryl/α,β-unsaturated/α-hetero) is 1. The predicted molar refractivity (Wildman–Crippen MR) is 132 cm³/mol. The van der Waals surface area contributed by atoms with E-state index in [4.69, 9.17) is 38.4 Å². The Labute approximate surface area is 209 Å². The summed E-state index contributed by atoms with van der Waals surface area (Å²) in [5.41, 5.74) is 9.72. The van der Waals surface area contributed by atoms with Gasteiger partial charge < -0.3 is 20.1 Å². The van der Waals surface area contributed by atoms with Crippen LogP contribution in [0, 0.1) is 11.3 Å². The highest BCUT2D eigenvalue weighted by atomic mass is 35.5. The molecule has 0 unspecified atom stereocenters. The number of rotatable bonds is 6. The maximum absolute atomic E-state index is 13.0. The fourth-order valence-electron chi connectivity index (χ4n) is 4.49. The molecule has 1 aliphatic carbocycles. The number of nitrogens with zero attached hydrogens (tertiary/aromatic N) is 2. The van der Waals surface area contributed by atoms with E-state index in [9.17, 15) is 10.1 Å². The quantitative estimate of drug-likeness (QED) is 0.550. The molecule has 2 N–H and O–H groups in total. The predicted octanol–water partition coefficient (Wildman–Crippen LogP) is 5.70. The number of carbonyl (C=O) groups excluding carboxylic acids is 1. The lowest BCUT2D eigenvalue weighted by Gasteiger charge is -2.37. The van der Waals surface area contributed by atoms with Gasteiger partial charge in [0.15, 0.2) is 17.3 Å². The first-order valence-corrected chi connectivity index (χ1v) is 11.8. The average molecular weight is 498 g/mol. The third kappa shape index (κ3) is 4.46. The van der Waals surface area contributed by atoms with Crippen LogP contribution in [-0.2, 0) is 11.4 Å². The Morgan fingerprint density at radius 1 is 1.18 bits per heavy atom. The lowest BCUT2D eigenvalue weighted by molar-refractivity contribution is -0.116. The van der Waals surface area contributed by atoms with Crippen LogP contribution >= 0.6 is 23.2 Å². The van der Waals surface area contributed by atoms with E-state index >= 15 is 0 Å². The highest BCUT2D eigenvalue weighted by molar-refractivity contribution is 6.32. The number of benzene rings is 2. The number of carbonyl (C=O) groups is 1. The van der Waals surface area contributed by atoms with Gasteiger partial charge in [-0.1, -0.05) is 35.3 Å². The Morgan fingerprint density at radius 2 is 1.91 bits per heavy atom. The highest BCUT2D eigenvalue weighted by Crippen LogP contribution is 2.47. The number of halogens is 2. The molecule has 34 heavy (non-hydrogen) atoms. The van der Waals surface area contributed by atoms with Crippen molar-refractivity contribution in [2.45, 2.75) is 38.7 Å². The van der Waals surface area contributed by atoms with E-state index in [2.05, 4.69) is 6.07 Å². The maximum atomic E-state index is 13.0. The van der Waals surface area contributed by atoms with E-state index in [0.29, 0.717) is 57.1 Å². The van der Waals surface area contributed by atoms with Crippen molar-refractivity contribution >= 4 is 29.0 Å². The van der Waals surface area contributed by atoms with E-state index in [1.54, 1.807) is 36.2 Å². The summed E-state index contributed by atoms with van der Waals surface area (Å²) in [7, 11) is 1.79. The van der Waals surface area contributed by atoms with Crippen LogP contribution in [0.2, 0.25) is 10.0 Å².